The molecular weight excluding hydrogens is 308 g/mol. The Kier molecular flexibility index (Phi) is 6.36. The van der Waals surface area contributed by atoms with Crippen LogP contribution in [0.2, 0.25) is 5.02 Å². The van der Waals surface area contributed by atoms with E-state index >= 15 is 0 Å². The molecule has 0 saturated carbocycles. The third-order valence-electron chi connectivity index (χ3n) is 2.83. The number of aromatic nitrogens is 1. The molecule has 20 heavy (non-hydrogen) atoms. The number of hydrogen-bond donors (Lipinski definition) is 1. The summed E-state index contributed by atoms with van der Waals surface area (Å²) in [6.45, 7) is 3.10. The molecule has 1 aromatic heterocycles. The Hall–Kier alpha value is -0.550. The zero-order valence-corrected chi connectivity index (χ0v) is 14.2. The number of rotatable bonds is 7. The van der Waals surface area contributed by atoms with E-state index in [1.165, 1.54) is 15.6 Å². The van der Waals surface area contributed by atoms with Crippen molar-refractivity contribution in [2.24, 2.45) is 0 Å². The largest absolute Gasteiger partial charge is 0.315 e. The van der Waals surface area contributed by atoms with E-state index in [4.69, 9.17) is 16.6 Å². The standard InChI is InChI=1S/C15H19ClN2S2/c1-3-6-12-14(9-17-2)20-15(18-12)10-19-13-8-5-4-7-11(13)16/h4-5,7-8,17H,3,6,9-10H2,1-2H3. The number of hydrogen-bond acceptors (Lipinski definition) is 4. The summed E-state index contributed by atoms with van der Waals surface area (Å²) in [5.74, 6) is 0.884. The lowest BCUT2D eigenvalue weighted by Gasteiger charge is -2.01. The Morgan fingerprint density at radius 3 is 2.85 bits per heavy atom. The van der Waals surface area contributed by atoms with E-state index < -0.39 is 0 Å². The molecule has 0 radical (unpaired) electrons. The van der Waals surface area contributed by atoms with Crippen LogP contribution in [0, 0.1) is 0 Å². The molecule has 1 aromatic carbocycles. The molecular formula is C15H19ClN2S2. The van der Waals surface area contributed by atoms with Gasteiger partial charge in [0.05, 0.1) is 16.5 Å². The summed E-state index contributed by atoms with van der Waals surface area (Å²) in [4.78, 5) is 7.26. The third-order valence-corrected chi connectivity index (χ3v) is 5.64. The molecule has 0 aliphatic rings. The molecule has 5 heteroatoms. The number of aryl methyl sites for hydroxylation is 1. The molecule has 2 rings (SSSR count). The molecule has 1 heterocycles. The Morgan fingerprint density at radius 2 is 2.15 bits per heavy atom. The van der Waals surface area contributed by atoms with Crippen molar-refractivity contribution < 1.29 is 0 Å². The predicted octanol–water partition coefficient (Wildman–Crippen LogP) is 4.76. The van der Waals surface area contributed by atoms with Crippen molar-refractivity contribution in [1.82, 2.24) is 10.3 Å². The van der Waals surface area contributed by atoms with Gasteiger partial charge in [-0.25, -0.2) is 4.98 Å². The fraction of sp³-hybridized carbons (Fsp3) is 0.400. The summed E-state index contributed by atoms with van der Waals surface area (Å²) in [6, 6.07) is 7.97. The molecule has 0 fully saturated rings. The summed E-state index contributed by atoms with van der Waals surface area (Å²) < 4.78 is 0. The molecule has 0 bridgehead atoms. The average Bonchev–Trinajstić information content (AvgIpc) is 2.81. The molecule has 108 valence electrons. The first-order valence-corrected chi connectivity index (χ1v) is 8.92. The number of nitrogens with one attached hydrogen (secondary N) is 1. The van der Waals surface area contributed by atoms with Crippen LogP contribution in [0.15, 0.2) is 29.2 Å². The van der Waals surface area contributed by atoms with Crippen molar-refractivity contribution in [3.63, 3.8) is 0 Å². The summed E-state index contributed by atoms with van der Waals surface area (Å²) in [5, 5.41) is 5.22. The second kappa shape index (κ2) is 8.03. The first-order chi connectivity index (χ1) is 9.74. The van der Waals surface area contributed by atoms with Crippen LogP contribution in [0.1, 0.15) is 28.9 Å². The van der Waals surface area contributed by atoms with Crippen LogP contribution in [-0.4, -0.2) is 12.0 Å². The van der Waals surface area contributed by atoms with Crippen LogP contribution >= 0.6 is 34.7 Å². The van der Waals surface area contributed by atoms with Gasteiger partial charge in [-0.1, -0.05) is 37.1 Å². The molecule has 0 spiro atoms. The van der Waals surface area contributed by atoms with Crippen LogP contribution in [0.5, 0.6) is 0 Å². The summed E-state index contributed by atoms with van der Waals surface area (Å²) in [6.07, 6.45) is 2.20. The van der Waals surface area contributed by atoms with E-state index in [-0.39, 0.29) is 0 Å². The topological polar surface area (TPSA) is 24.9 Å². The van der Waals surface area contributed by atoms with Crippen LogP contribution in [-0.2, 0) is 18.7 Å². The maximum absolute atomic E-state index is 6.18. The summed E-state index contributed by atoms with van der Waals surface area (Å²) in [5.41, 5.74) is 1.25. The highest BCUT2D eigenvalue weighted by Crippen LogP contribution is 2.31. The number of thiazole rings is 1. The van der Waals surface area contributed by atoms with Gasteiger partial charge < -0.3 is 5.32 Å². The van der Waals surface area contributed by atoms with E-state index in [0.29, 0.717) is 0 Å². The quantitative estimate of drug-likeness (QED) is 0.742. The lowest BCUT2D eigenvalue weighted by molar-refractivity contribution is 0.797. The van der Waals surface area contributed by atoms with Crippen LogP contribution < -0.4 is 5.32 Å². The Morgan fingerprint density at radius 1 is 1.35 bits per heavy atom. The van der Waals surface area contributed by atoms with Gasteiger partial charge in [-0.05, 0) is 25.6 Å². The molecule has 0 atom stereocenters. The zero-order valence-electron chi connectivity index (χ0n) is 11.8. The fourth-order valence-electron chi connectivity index (χ4n) is 1.93. The van der Waals surface area contributed by atoms with E-state index in [1.807, 2.05) is 36.6 Å². The molecule has 0 aliphatic heterocycles. The highest BCUT2D eigenvalue weighted by molar-refractivity contribution is 7.98. The van der Waals surface area contributed by atoms with Crippen molar-refractivity contribution in [3.8, 4) is 0 Å². The predicted molar refractivity (Wildman–Crippen MR) is 89.9 cm³/mol. The average molecular weight is 327 g/mol. The fourth-order valence-corrected chi connectivity index (χ4v) is 4.29. The third kappa shape index (κ3) is 4.22. The molecule has 1 N–H and O–H groups in total. The van der Waals surface area contributed by atoms with Gasteiger partial charge in [0, 0.05) is 16.3 Å². The Labute approximate surface area is 134 Å². The maximum atomic E-state index is 6.18. The SMILES string of the molecule is CCCc1nc(CSc2ccccc2Cl)sc1CNC. The lowest BCUT2D eigenvalue weighted by atomic mass is 10.2. The Bertz CT molecular complexity index is 531. The van der Waals surface area contributed by atoms with Crippen LogP contribution in [0.25, 0.3) is 0 Å². The van der Waals surface area contributed by atoms with Gasteiger partial charge in [-0.15, -0.1) is 23.1 Å². The minimum absolute atomic E-state index is 0.818. The van der Waals surface area contributed by atoms with Crippen molar-refractivity contribution in [1.29, 1.82) is 0 Å². The lowest BCUT2D eigenvalue weighted by Crippen LogP contribution is -2.05. The molecule has 0 saturated heterocycles. The highest BCUT2D eigenvalue weighted by atomic mass is 35.5. The first kappa shape index (κ1) is 15.8. The molecule has 2 aromatic rings. The van der Waals surface area contributed by atoms with Gasteiger partial charge in [0.1, 0.15) is 5.01 Å². The number of benzene rings is 1. The summed E-state index contributed by atoms with van der Waals surface area (Å²) >= 11 is 9.74. The maximum Gasteiger partial charge on any atom is 0.103 e. The molecule has 0 unspecified atom stereocenters. The second-order valence-electron chi connectivity index (χ2n) is 4.48. The monoisotopic (exact) mass is 326 g/mol. The van der Waals surface area contributed by atoms with Gasteiger partial charge >= 0.3 is 0 Å². The number of nitrogens with zero attached hydrogens (tertiary/aromatic N) is 1. The van der Waals surface area contributed by atoms with Gasteiger partial charge in [-0.2, -0.15) is 0 Å². The van der Waals surface area contributed by atoms with E-state index in [0.717, 1.165) is 35.1 Å². The van der Waals surface area contributed by atoms with Crippen molar-refractivity contribution in [2.75, 3.05) is 7.05 Å². The first-order valence-electron chi connectivity index (χ1n) is 6.74. The number of halogens is 1. The van der Waals surface area contributed by atoms with Gasteiger partial charge in [0.2, 0.25) is 0 Å². The normalized spacial score (nSPS) is 10.9. The molecule has 0 amide bonds. The van der Waals surface area contributed by atoms with E-state index in [9.17, 15) is 0 Å². The van der Waals surface area contributed by atoms with Gasteiger partial charge in [0.25, 0.3) is 0 Å². The minimum atomic E-state index is 0.818. The van der Waals surface area contributed by atoms with Crippen molar-refractivity contribution in [3.05, 3.63) is 44.9 Å². The van der Waals surface area contributed by atoms with E-state index in [2.05, 4.69) is 18.3 Å². The number of thioether (sulfide) groups is 1. The Balaban J connectivity index is 2.06. The van der Waals surface area contributed by atoms with E-state index in [1.54, 1.807) is 11.8 Å². The minimum Gasteiger partial charge on any atom is -0.315 e. The second-order valence-corrected chi connectivity index (χ2v) is 7.07. The van der Waals surface area contributed by atoms with Crippen molar-refractivity contribution in [2.45, 2.75) is 37.0 Å². The van der Waals surface area contributed by atoms with Crippen molar-refractivity contribution >= 4 is 34.7 Å². The summed E-state index contributed by atoms with van der Waals surface area (Å²) in [7, 11) is 1.98. The van der Waals surface area contributed by atoms with Crippen LogP contribution in [0.3, 0.4) is 0 Å². The zero-order chi connectivity index (χ0) is 14.4. The molecule has 2 nitrogen and oxygen atoms in total. The van der Waals surface area contributed by atoms with Gasteiger partial charge in [0.15, 0.2) is 0 Å². The highest BCUT2D eigenvalue weighted by Gasteiger charge is 2.10. The molecule has 0 aliphatic carbocycles. The van der Waals surface area contributed by atoms with Crippen LogP contribution in [0.4, 0.5) is 0 Å². The smallest absolute Gasteiger partial charge is 0.103 e. The van der Waals surface area contributed by atoms with Gasteiger partial charge in [-0.3, -0.25) is 0 Å².